The van der Waals surface area contributed by atoms with Gasteiger partial charge in [0.1, 0.15) is 9.84 Å². The molecule has 0 aromatic heterocycles. The number of hydrogen-bond acceptors (Lipinski definition) is 4. The van der Waals surface area contributed by atoms with Crippen LogP contribution < -0.4 is 11.1 Å². The first-order valence-corrected chi connectivity index (χ1v) is 6.83. The van der Waals surface area contributed by atoms with E-state index < -0.39 is 21.3 Å². The number of carbonyl (C=O) groups excluding carboxylic acids is 1. The third-order valence-corrected chi connectivity index (χ3v) is 3.16. The Morgan fingerprint density at radius 1 is 1.47 bits per heavy atom. The van der Waals surface area contributed by atoms with Crippen LogP contribution in [-0.2, 0) is 14.6 Å². The molecule has 1 atom stereocenters. The van der Waals surface area contributed by atoms with Crippen LogP contribution in [0, 0.1) is 5.41 Å². The molecular formula is C9H20N2O3S. The van der Waals surface area contributed by atoms with E-state index >= 15 is 0 Å². The summed E-state index contributed by atoms with van der Waals surface area (Å²) in [5.74, 6) is -0.277. The molecule has 6 heteroatoms. The molecule has 0 rings (SSSR count). The molecule has 0 radical (unpaired) electrons. The second kappa shape index (κ2) is 4.94. The first kappa shape index (κ1) is 14.4. The van der Waals surface area contributed by atoms with Crippen LogP contribution in [0.15, 0.2) is 0 Å². The van der Waals surface area contributed by atoms with Crippen molar-refractivity contribution in [3.05, 3.63) is 0 Å². The Morgan fingerprint density at radius 3 is 2.27 bits per heavy atom. The van der Waals surface area contributed by atoms with Gasteiger partial charge in [-0.25, -0.2) is 8.42 Å². The van der Waals surface area contributed by atoms with Crippen LogP contribution >= 0.6 is 0 Å². The first-order chi connectivity index (χ1) is 6.58. The van der Waals surface area contributed by atoms with E-state index in [1.54, 1.807) is 20.8 Å². The summed E-state index contributed by atoms with van der Waals surface area (Å²) in [6.45, 7) is 5.32. The summed E-state index contributed by atoms with van der Waals surface area (Å²) in [6, 6.07) is -0.390. The molecule has 0 aromatic rings. The highest BCUT2D eigenvalue weighted by Gasteiger charge is 2.27. The van der Waals surface area contributed by atoms with Crippen LogP contribution in [0.3, 0.4) is 0 Å². The van der Waals surface area contributed by atoms with Crippen LogP contribution in [0.1, 0.15) is 20.8 Å². The largest absolute Gasteiger partial charge is 0.352 e. The van der Waals surface area contributed by atoms with Crippen molar-refractivity contribution in [2.45, 2.75) is 26.8 Å². The number of nitrogens with two attached hydrogens (primary N) is 1. The first-order valence-electron chi connectivity index (χ1n) is 4.77. The van der Waals surface area contributed by atoms with Crippen molar-refractivity contribution in [3.8, 4) is 0 Å². The summed E-state index contributed by atoms with van der Waals surface area (Å²) in [5.41, 5.74) is 4.77. The summed E-state index contributed by atoms with van der Waals surface area (Å²) < 4.78 is 21.9. The van der Waals surface area contributed by atoms with Crippen molar-refractivity contribution in [3.63, 3.8) is 0 Å². The van der Waals surface area contributed by atoms with Crippen molar-refractivity contribution in [2.75, 3.05) is 18.6 Å². The number of sulfone groups is 1. The average Bonchev–Trinajstić information content (AvgIpc) is 2.00. The SMILES string of the molecule is CC(CS(C)(=O)=O)NC(=O)C(C)(C)CN. The fraction of sp³-hybridized carbons (Fsp3) is 0.889. The second-order valence-electron chi connectivity index (χ2n) is 4.55. The van der Waals surface area contributed by atoms with Crippen molar-refractivity contribution < 1.29 is 13.2 Å². The predicted octanol–water partition coefficient (Wildman–Crippen LogP) is -0.479. The molecule has 0 fully saturated rings. The van der Waals surface area contributed by atoms with Gasteiger partial charge in [-0.3, -0.25) is 4.79 Å². The van der Waals surface area contributed by atoms with E-state index in [0.717, 1.165) is 6.26 Å². The van der Waals surface area contributed by atoms with E-state index in [2.05, 4.69) is 5.32 Å². The lowest BCUT2D eigenvalue weighted by atomic mass is 9.92. The Balaban J connectivity index is 4.32. The van der Waals surface area contributed by atoms with Crippen LogP contribution in [0.25, 0.3) is 0 Å². The van der Waals surface area contributed by atoms with Crippen molar-refractivity contribution in [1.29, 1.82) is 0 Å². The van der Waals surface area contributed by atoms with Gasteiger partial charge in [-0.15, -0.1) is 0 Å². The van der Waals surface area contributed by atoms with Gasteiger partial charge in [0, 0.05) is 18.8 Å². The standard InChI is InChI=1S/C9H20N2O3S/c1-7(5-15(4,13)14)11-8(12)9(2,3)6-10/h7H,5-6,10H2,1-4H3,(H,11,12). The maximum Gasteiger partial charge on any atom is 0.227 e. The Kier molecular flexibility index (Phi) is 4.73. The highest BCUT2D eigenvalue weighted by molar-refractivity contribution is 7.90. The summed E-state index contributed by atoms with van der Waals surface area (Å²) in [5, 5.41) is 2.63. The summed E-state index contributed by atoms with van der Waals surface area (Å²) in [6.07, 6.45) is 1.14. The zero-order valence-corrected chi connectivity index (χ0v) is 10.5. The van der Waals surface area contributed by atoms with Crippen molar-refractivity contribution >= 4 is 15.7 Å². The molecule has 3 N–H and O–H groups in total. The number of rotatable bonds is 5. The highest BCUT2D eigenvalue weighted by atomic mass is 32.2. The minimum absolute atomic E-state index is 0.0562. The lowest BCUT2D eigenvalue weighted by molar-refractivity contribution is -0.129. The van der Waals surface area contributed by atoms with Crippen LogP contribution in [0.2, 0.25) is 0 Å². The maximum atomic E-state index is 11.6. The number of carbonyl (C=O) groups is 1. The van der Waals surface area contributed by atoms with Crippen molar-refractivity contribution in [1.82, 2.24) is 5.32 Å². The molecule has 5 nitrogen and oxygen atoms in total. The van der Waals surface area contributed by atoms with Gasteiger partial charge in [-0.2, -0.15) is 0 Å². The van der Waals surface area contributed by atoms with Gasteiger partial charge in [-0.1, -0.05) is 0 Å². The molecule has 0 heterocycles. The number of amides is 1. The van der Waals surface area contributed by atoms with Gasteiger partial charge in [0.05, 0.1) is 11.2 Å². The summed E-state index contributed by atoms with van der Waals surface area (Å²) in [4.78, 5) is 11.6. The lowest BCUT2D eigenvalue weighted by Crippen LogP contribution is -2.47. The Labute approximate surface area is 91.3 Å². The van der Waals surface area contributed by atoms with E-state index in [-0.39, 0.29) is 18.2 Å². The molecule has 0 saturated carbocycles. The molecule has 0 bridgehead atoms. The Bertz CT molecular complexity index is 322. The zero-order chi connectivity index (χ0) is 12.3. The van der Waals surface area contributed by atoms with Gasteiger partial charge in [0.25, 0.3) is 0 Å². The van der Waals surface area contributed by atoms with E-state index in [9.17, 15) is 13.2 Å². The van der Waals surface area contributed by atoms with E-state index in [4.69, 9.17) is 5.73 Å². The average molecular weight is 236 g/mol. The quantitative estimate of drug-likeness (QED) is 0.675. The lowest BCUT2D eigenvalue weighted by Gasteiger charge is -2.24. The minimum Gasteiger partial charge on any atom is -0.352 e. The monoisotopic (exact) mass is 236 g/mol. The molecule has 90 valence electrons. The molecule has 0 saturated heterocycles. The third-order valence-electron chi connectivity index (χ3n) is 2.06. The van der Waals surface area contributed by atoms with Gasteiger partial charge in [-0.05, 0) is 20.8 Å². The Morgan fingerprint density at radius 2 is 1.93 bits per heavy atom. The van der Waals surface area contributed by atoms with Gasteiger partial charge in [0.15, 0.2) is 0 Å². The van der Waals surface area contributed by atoms with E-state index in [1.165, 1.54) is 0 Å². The minimum atomic E-state index is -3.07. The third kappa shape index (κ3) is 5.74. The van der Waals surface area contributed by atoms with Crippen LogP contribution in [-0.4, -0.2) is 38.9 Å². The van der Waals surface area contributed by atoms with Crippen LogP contribution in [0.5, 0.6) is 0 Å². The number of nitrogens with one attached hydrogen (secondary N) is 1. The molecule has 0 aliphatic heterocycles. The highest BCUT2D eigenvalue weighted by Crippen LogP contribution is 2.12. The van der Waals surface area contributed by atoms with E-state index in [1.807, 2.05) is 0 Å². The smallest absolute Gasteiger partial charge is 0.227 e. The van der Waals surface area contributed by atoms with E-state index in [0.29, 0.717) is 0 Å². The number of hydrogen-bond donors (Lipinski definition) is 2. The zero-order valence-electron chi connectivity index (χ0n) is 9.70. The second-order valence-corrected chi connectivity index (χ2v) is 6.74. The van der Waals surface area contributed by atoms with Crippen LogP contribution in [0.4, 0.5) is 0 Å². The molecule has 0 spiro atoms. The molecular weight excluding hydrogens is 216 g/mol. The van der Waals surface area contributed by atoms with Crippen molar-refractivity contribution in [2.24, 2.45) is 11.1 Å². The van der Waals surface area contributed by atoms with Gasteiger partial charge >= 0.3 is 0 Å². The van der Waals surface area contributed by atoms with Gasteiger partial charge in [0.2, 0.25) is 5.91 Å². The molecule has 0 aliphatic carbocycles. The molecule has 1 unspecified atom stereocenters. The summed E-state index contributed by atoms with van der Waals surface area (Å²) >= 11 is 0. The fourth-order valence-electron chi connectivity index (χ4n) is 1.01. The van der Waals surface area contributed by atoms with Gasteiger partial charge < -0.3 is 11.1 Å². The molecule has 15 heavy (non-hydrogen) atoms. The fourth-order valence-corrected chi connectivity index (χ4v) is 2.00. The Hall–Kier alpha value is -0.620. The maximum absolute atomic E-state index is 11.6. The summed E-state index contributed by atoms with van der Waals surface area (Å²) in [7, 11) is -3.07. The molecule has 0 aromatic carbocycles. The predicted molar refractivity (Wildman–Crippen MR) is 60.2 cm³/mol. The normalized spacial score (nSPS) is 14.7. The molecule has 1 amide bonds. The molecule has 0 aliphatic rings. The topological polar surface area (TPSA) is 89.3 Å².